The zero-order chi connectivity index (χ0) is 17.4. The van der Waals surface area contributed by atoms with Crippen molar-refractivity contribution in [1.29, 1.82) is 0 Å². The van der Waals surface area contributed by atoms with E-state index in [0.29, 0.717) is 12.5 Å². The van der Waals surface area contributed by atoms with Crippen molar-refractivity contribution in [2.24, 2.45) is 23.2 Å². The van der Waals surface area contributed by atoms with Crippen molar-refractivity contribution >= 4 is 5.97 Å². The van der Waals surface area contributed by atoms with Crippen LogP contribution in [-0.4, -0.2) is 12.6 Å². The maximum Gasteiger partial charge on any atom is 0.310 e. The summed E-state index contributed by atoms with van der Waals surface area (Å²) in [5.74, 6) is 0.545. The first kappa shape index (κ1) is 17.8. The molecule has 0 aromatic heterocycles. The lowest BCUT2D eigenvalue weighted by atomic mass is 10.0. The van der Waals surface area contributed by atoms with Crippen LogP contribution in [-0.2, 0) is 9.53 Å². The Bertz CT molecular complexity index is 585. The second-order valence-corrected chi connectivity index (χ2v) is 7.86. The molecule has 0 radical (unpaired) electrons. The topological polar surface area (TPSA) is 26.3 Å². The van der Waals surface area contributed by atoms with Crippen molar-refractivity contribution in [2.75, 3.05) is 6.61 Å². The van der Waals surface area contributed by atoms with Crippen LogP contribution in [0.15, 0.2) is 47.6 Å². The number of allylic oxidation sites excluding steroid dienone is 5. The molecule has 2 rings (SSSR count). The summed E-state index contributed by atoms with van der Waals surface area (Å²) in [4.78, 5) is 12.5. The molecule has 2 nitrogen and oxygen atoms in total. The van der Waals surface area contributed by atoms with E-state index in [1.807, 2.05) is 6.08 Å². The van der Waals surface area contributed by atoms with Gasteiger partial charge in [0.1, 0.15) is 0 Å². The average molecular weight is 314 g/mol. The Labute approximate surface area is 141 Å². The number of carbonyl (C=O) groups excluding carboxylic acids is 1. The van der Waals surface area contributed by atoms with Crippen LogP contribution in [0.3, 0.4) is 0 Å². The molecule has 2 heteroatoms. The molecule has 2 aliphatic rings. The molecule has 126 valence electrons. The van der Waals surface area contributed by atoms with E-state index in [1.165, 1.54) is 16.7 Å². The van der Waals surface area contributed by atoms with Crippen LogP contribution in [0.1, 0.15) is 47.5 Å². The summed E-state index contributed by atoms with van der Waals surface area (Å²) < 4.78 is 5.67. The molecule has 1 saturated carbocycles. The van der Waals surface area contributed by atoms with E-state index < -0.39 is 0 Å². The summed E-state index contributed by atoms with van der Waals surface area (Å²) in [7, 11) is 0. The Morgan fingerprint density at radius 3 is 2.61 bits per heavy atom. The van der Waals surface area contributed by atoms with Crippen LogP contribution in [0.5, 0.6) is 0 Å². The van der Waals surface area contributed by atoms with Gasteiger partial charge in [-0.1, -0.05) is 49.3 Å². The van der Waals surface area contributed by atoms with E-state index in [-0.39, 0.29) is 23.2 Å². The van der Waals surface area contributed by atoms with E-state index in [2.05, 4.69) is 53.9 Å². The van der Waals surface area contributed by atoms with Gasteiger partial charge in [-0.05, 0) is 50.5 Å². The van der Waals surface area contributed by atoms with Crippen molar-refractivity contribution in [3.8, 4) is 0 Å². The lowest BCUT2D eigenvalue weighted by Gasteiger charge is -2.13. The average Bonchev–Trinajstić information content (AvgIpc) is 2.87. The van der Waals surface area contributed by atoms with E-state index in [4.69, 9.17) is 4.74 Å². The quantitative estimate of drug-likeness (QED) is 0.495. The molecule has 2 aliphatic carbocycles. The molecular weight excluding hydrogens is 284 g/mol. The van der Waals surface area contributed by atoms with Gasteiger partial charge >= 0.3 is 5.97 Å². The molecule has 0 bridgehead atoms. The van der Waals surface area contributed by atoms with Gasteiger partial charge in [0.15, 0.2) is 0 Å². The normalized spacial score (nSPS) is 28.6. The van der Waals surface area contributed by atoms with Gasteiger partial charge in [-0.2, -0.15) is 0 Å². The number of carbonyl (C=O) groups is 1. The Hall–Kier alpha value is -1.57. The van der Waals surface area contributed by atoms with Crippen LogP contribution >= 0.6 is 0 Å². The highest BCUT2D eigenvalue weighted by atomic mass is 16.5. The molecule has 0 heterocycles. The molecule has 0 amide bonds. The molecule has 23 heavy (non-hydrogen) atoms. The maximum absolute atomic E-state index is 12.5. The number of hydrogen-bond donors (Lipinski definition) is 0. The van der Waals surface area contributed by atoms with Gasteiger partial charge in [-0.15, -0.1) is 6.58 Å². The number of esters is 1. The second-order valence-electron chi connectivity index (χ2n) is 7.86. The summed E-state index contributed by atoms with van der Waals surface area (Å²) in [6.45, 7) is 19.0. The van der Waals surface area contributed by atoms with Gasteiger partial charge in [0, 0.05) is 5.92 Å². The lowest BCUT2D eigenvalue weighted by molar-refractivity contribution is -0.147. The van der Waals surface area contributed by atoms with Crippen molar-refractivity contribution in [3.63, 3.8) is 0 Å². The van der Waals surface area contributed by atoms with Crippen molar-refractivity contribution in [1.82, 2.24) is 0 Å². The lowest BCUT2D eigenvalue weighted by Crippen LogP contribution is -2.16. The van der Waals surface area contributed by atoms with Gasteiger partial charge in [0.25, 0.3) is 0 Å². The third-order valence-corrected chi connectivity index (χ3v) is 5.46. The summed E-state index contributed by atoms with van der Waals surface area (Å²) in [6.07, 6.45) is 5.87. The Kier molecular flexibility index (Phi) is 5.03. The predicted molar refractivity (Wildman–Crippen MR) is 95.9 cm³/mol. The Morgan fingerprint density at radius 2 is 2.04 bits per heavy atom. The fraction of sp³-hybridized carbons (Fsp3) is 0.571. The maximum atomic E-state index is 12.5. The van der Waals surface area contributed by atoms with Crippen LogP contribution in [0, 0.1) is 23.2 Å². The summed E-state index contributed by atoms with van der Waals surface area (Å²) in [6, 6.07) is 0. The van der Waals surface area contributed by atoms with Crippen LogP contribution < -0.4 is 0 Å². The van der Waals surface area contributed by atoms with Crippen molar-refractivity contribution < 1.29 is 9.53 Å². The molecule has 3 atom stereocenters. The van der Waals surface area contributed by atoms with Gasteiger partial charge in [0.2, 0.25) is 0 Å². The van der Waals surface area contributed by atoms with Gasteiger partial charge < -0.3 is 4.74 Å². The fourth-order valence-corrected chi connectivity index (χ4v) is 3.80. The molecule has 0 N–H and O–H groups in total. The molecule has 0 saturated heterocycles. The van der Waals surface area contributed by atoms with E-state index in [0.717, 1.165) is 18.4 Å². The molecule has 0 aromatic carbocycles. The first-order valence-electron chi connectivity index (χ1n) is 8.50. The van der Waals surface area contributed by atoms with Crippen molar-refractivity contribution in [2.45, 2.75) is 47.5 Å². The molecule has 0 aromatic rings. The minimum Gasteiger partial charge on any atom is -0.465 e. The van der Waals surface area contributed by atoms with E-state index in [9.17, 15) is 4.79 Å². The van der Waals surface area contributed by atoms with Gasteiger partial charge in [-0.3, -0.25) is 4.79 Å². The Morgan fingerprint density at radius 1 is 1.39 bits per heavy atom. The summed E-state index contributed by atoms with van der Waals surface area (Å²) in [5, 5.41) is 0. The van der Waals surface area contributed by atoms with Crippen molar-refractivity contribution in [3.05, 3.63) is 47.6 Å². The van der Waals surface area contributed by atoms with E-state index in [1.54, 1.807) is 0 Å². The smallest absolute Gasteiger partial charge is 0.310 e. The number of rotatable bonds is 6. The number of ether oxygens (including phenoxy) is 1. The summed E-state index contributed by atoms with van der Waals surface area (Å²) >= 11 is 0. The highest BCUT2D eigenvalue weighted by Crippen LogP contribution is 2.59. The molecular formula is C21H30O2. The fourth-order valence-electron chi connectivity index (χ4n) is 3.80. The standard InChI is InChI=1S/C21H30O2/c1-8-9-17-14(4)11-16(15(17)5)12-23-20(22)19-18(10-13(2)3)21(19,6)7/h8,10,16,18-19H,1,4,9,11-12H2,2-3,5-7H3/t16?,18-,19-/m1/s1. The molecule has 1 unspecified atom stereocenters. The SMILES string of the molecule is C=CCC1=C(C)C(COC(=O)[C@H]2[C@@H](C=C(C)C)C2(C)C)CC1=C. The third kappa shape index (κ3) is 3.52. The zero-order valence-corrected chi connectivity index (χ0v) is 15.2. The van der Waals surface area contributed by atoms with Crippen LogP contribution in [0.2, 0.25) is 0 Å². The van der Waals surface area contributed by atoms with Gasteiger partial charge in [0.05, 0.1) is 12.5 Å². The highest BCUT2D eigenvalue weighted by molar-refractivity contribution is 5.78. The minimum atomic E-state index is -0.0481. The molecule has 0 spiro atoms. The minimum absolute atomic E-state index is 0.000985. The Balaban J connectivity index is 1.95. The highest BCUT2D eigenvalue weighted by Gasteiger charge is 2.61. The van der Waals surface area contributed by atoms with Crippen LogP contribution in [0.4, 0.5) is 0 Å². The van der Waals surface area contributed by atoms with Gasteiger partial charge in [-0.25, -0.2) is 0 Å². The second kappa shape index (κ2) is 6.51. The number of hydrogen-bond acceptors (Lipinski definition) is 2. The molecule has 0 aliphatic heterocycles. The summed E-state index contributed by atoms with van der Waals surface area (Å²) in [5.41, 5.74) is 5.04. The van der Waals surface area contributed by atoms with E-state index >= 15 is 0 Å². The first-order chi connectivity index (χ1) is 10.7. The monoisotopic (exact) mass is 314 g/mol. The molecule has 1 fully saturated rings. The largest absolute Gasteiger partial charge is 0.465 e. The third-order valence-electron chi connectivity index (χ3n) is 5.46. The van der Waals surface area contributed by atoms with Crippen LogP contribution in [0.25, 0.3) is 0 Å². The zero-order valence-electron chi connectivity index (χ0n) is 15.2. The first-order valence-corrected chi connectivity index (χ1v) is 8.50. The predicted octanol–water partition coefficient (Wildman–Crippen LogP) is 5.24.